The fraction of sp³-hybridized carbons (Fsp3) is 0.884. The van der Waals surface area contributed by atoms with Crippen LogP contribution in [0.4, 0.5) is 0 Å². The van der Waals surface area contributed by atoms with E-state index in [0.717, 1.165) is 51.4 Å². The highest BCUT2D eigenvalue weighted by atomic mass is 16.5. The van der Waals surface area contributed by atoms with E-state index in [1.54, 1.807) is 6.08 Å². The Hall–Kier alpha value is -1.29. The number of hydrogen-bond donors (Lipinski definition) is 6. The van der Waals surface area contributed by atoms with Crippen molar-refractivity contribution in [1.29, 1.82) is 0 Å². The Morgan fingerprint density at radius 3 is 1.59 bits per heavy atom. The zero-order chi connectivity index (χ0) is 37.4. The molecule has 8 heteroatoms. The lowest BCUT2D eigenvalue weighted by Crippen LogP contribution is -2.56. The number of nitrogens with one attached hydrogen (secondary N) is 1. The number of rotatable bonds is 34. The van der Waals surface area contributed by atoms with Crippen molar-refractivity contribution in [3.63, 3.8) is 0 Å². The molecule has 1 aliphatic carbocycles. The van der Waals surface area contributed by atoms with Crippen LogP contribution >= 0.6 is 0 Å². The zero-order valence-corrected chi connectivity index (χ0v) is 32.9. The lowest BCUT2D eigenvalue weighted by atomic mass is 9.81. The molecule has 300 valence electrons. The second-order valence-electron chi connectivity index (χ2n) is 15.3. The van der Waals surface area contributed by atoms with Crippen molar-refractivity contribution in [2.45, 2.75) is 224 Å². The van der Waals surface area contributed by atoms with Crippen LogP contribution < -0.4 is 5.32 Å². The Labute approximate surface area is 312 Å². The third-order valence-corrected chi connectivity index (χ3v) is 10.6. The van der Waals surface area contributed by atoms with Crippen LogP contribution in [0, 0.1) is 5.92 Å². The van der Waals surface area contributed by atoms with E-state index in [4.69, 9.17) is 4.74 Å². The number of ether oxygens (including phenoxy) is 1. The van der Waals surface area contributed by atoms with Gasteiger partial charge >= 0.3 is 0 Å². The molecule has 0 heterocycles. The summed E-state index contributed by atoms with van der Waals surface area (Å²) < 4.78 is 5.93. The summed E-state index contributed by atoms with van der Waals surface area (Å²) in [6.07, 6.45) is 33.5. The molecule has 0 spiro atoms. The Kier molecular flexibility index (Phi) is 31.2. The van der Waals surface area contributed by atoms with E-state index in [9.17, 15) is 30.3 Å². The quantitative estimate of drug-likeness (QED) is 0.0289. The largest absolute Gasteiger partial charge is 0.396 e. The van der Waals surface area contributed by atoms with Gasteiger partial charge in [-0.3, -0.25) is 4.79 Å². The van der Waals surface area contributed by atoms with E-state index in [-0.39, 0.29) is 25.5 Å². The molecule has 0 aromatic rings. The molecule has 0 saturated heterocycles. The SMILES string of the molecule is CCCCCCCC/C=C\CCCCCCCC(=O)NC(CO[C@@H]1CC(CO)[C@H](O)C(O)C1O)C(O)/C=C/CCCCCCCCCCCCC. The molecule has 1 amide bonds. The van der Waals surface area contributed by atoms with Gasteiger partial charge in [0.05, 0.1) is 31.0 Å². The molecule has 0 aromatic carbocycles. The first-order chi connectivity index (χ1) is 24.8. The number of allylic oxidation sites excluding steroid dienone is 3. The average Bonchev–Trinajstić information content (AvgIpc) is 3.13. The number of aliphatic hydroxyl groups is 5. The molecule has 5 unspecified atom stereocenters. The van der Waals surface area contributed by atoms with Gasteiger partial charge in [0.25, 0.3) is 0 Å². The van der Waals surface area contributed by atoms with Crippen molar-refractivity contribution in [3.05, 3.63) is 24.3 Å². The van der Waals surface area contributed by atoms with Gasteiger partial charge in [-0.1, -0.05) is 154 Å². The standard InChI is InChI=1S/C43H81NO7/c1-3-5-7-9-11-13-15-17-18-20-22-24-26-28-30-32-40(47)44-37(35-51-39-33-36(34-45)41(48)43(50)42(39)49)38(46)31-29-27-25-23-21-19-16-14-12-10-8-6-4-2/h17-18,29,31,36-39,41-43,45-46,48-50H,3-16,19-28,30,32-35H2,1-2H3,(H,44,47)/b18-17-,31-29+/t36?,37?,38?,39-,41+,42?,43?/m1/s1. The normalized spacial score (nSPS) is 22.2. The van der Waals surface area contributed by atoms with Crippen molar-refractivity contribution >= 4 is 5.91 Å². The Bertz CT molecular complexity index is 850. The minimum absolute atomic E-state index is 0.0647. The molecule has 0 radical (unpaired) electrons. The van der Waals surface area contributed by atoms with Crippen LogP contribution in [-0.2, 0) is 9.53 Å². The van der Waals surface area contributed by atoms with Crippen molar-refractivity contribution < 1.29 is 35.1 Å². The summed E-state index contributed by atoms with van der Waals surface area (Å²) in [5.74, 6) is -0.773. The Morgan fingerprint density at radius 1 is 0.647 bits per heavy atom. The molecular weight excluding hydrogens is 642 g/mol. The van der Waals surface area contributed by atoms with Gasteiger partial charge in [-0.25, -0.2) is 0 Å². The van der Waals surface area contributed by atoms with Crippen molar-refractivity contribution in [3.8, 4) is 0 Å². The van der Waals surface area contributed by atoms with E-state index in [1.165, 1.54) is 109 Å². The van der Waals surface area contributed by atoms with E-state index in [1.807, 2.05) is 6.08 Å². The number of hydrogen-bond acceptors (Lipinski definition) is 7. The van der Waals surface area contributed by atoms with E-state index < -0.39 is 42.5 Å². The van der Waals surface area contributed by atoms with Gasteiger partial charge in [0, 0.05) is 18.9 Å². The highest BCUT2D eigenvalue weighted by molar-refractivity contribution is 5.76. The summed E-state index contributed by atoms with van der Waals surface area (Å²) in [7, 11) is 0. The second kappa shape index (κ2) is 33.3. The summed E-state index contributed by atoms with van der Waals surface area (Å²) in [6, 6.07) is -0.724. The maximum Gasteiger partial charge on any atom is 0.220 e. The fourth-order valence-electron chi connectivity index (χ4n) is 7.01. The lowest BCUT2D eigenvalue weighted by Gasteiger charge is -2.40. The van der Waals surface area contributed by atoms with Crippen LogP contribution in [0.2, 0.25) is 0 Å². The molecule has 0 aromatic heterocycles. The van der Waals surface area contributed by atoms with Gasteiger partial charge in [-0.15, -0.1) is 0 Å². The van der Waals surface area contributed by atoms with Gasteiger partial charge < -0.3 is 35.6 Å². The zero-order valence-electron chi connectivity index (χ0n) is 32.9. The van der Waals surface area contributed by atoms with Crippen LogP contribution in [0.15, 0.2) is 24.3 Å². The predicted octanol–water partition coefficient (Wildman–Crippen LogP) is 8.61. The maximum absolute atomic E-state index is 12.9. The monoisotopic (exact) mass is 724 g/mol. The smallest absolute Gasteiger partial charge is 0.220 e. The summed E-state index contributed by atoms with van der Waals surface area (Å²) in [6.45, 7) is 4.10. The van der Waals surface area contributed by atoms with Crippen LogP contribution in [0.5, 0.6) is 0 Å². The molecule has 6 N–H and O–H groups in total. The number of amides is 1. The van der Waals surface area contributed by atoms with E-state index >= 15 is 0 Å². The number of aliphatic hydroxyl groups excluding tert-OH is 5. The van der Waals surface area contributed by atoms with Crippen LogP contribution in [0.25, 0.3) is 0 Å². The first kappa shape index (κ1) is 47.7. The predicted molar refractivity (Wildman–Crippen MR) is 211 cm³/mol. The lowest BCUT2D eigenvalue weighted by molar-refractivity contribution is -0.180. The molecule has 7 atom stereocenters. The molecule has 1 rings (SSSR count). The molecule has 1 saturated carbocycles. The van der Waals surface area contributed by atoms with Gasteiger partial charge in [0.2, 0.25) is 5.91 Å². The first-order valence-electron chi connectivity index (χ1n) is 21.4. The van der Waals surface area contributed by atoms with E-state index in [0.29, 0.717) is 6.42 Å². The number of unbranched alkanes of at least 4 members (excludes halogenated alkanes) is 22. The summed E-state index contributed by atoms with van der Waals surface area (Å²) in [4.78, 5) is 12.9. The van der Waals surface area contributed by atoms with Gasteiger partial charge in [-0.05, 0) is 51.4 Å². The molecule has 1 aliphatic rings. The van der Waals surface area contributed by atoms with Crippen LogP contribution in [-0.4, -0.2) is 81.2 Å². The molecule has 1 fully saturated rings. The summed E-state index contributed by atoms with van der Waals surface area (Å²) in [5, 5.41) is 54.5. The maximum atomic E-state index is 12.9. The van der Waals surface area contributed by atoms with Gasteiger partial charge in [0.15, 0.2) is 0 Å². The van der Waals surface area contributed by atoms with Gasteiger partial charge in [-0.2, -0.15) is 0 Å². The molecule has 8 nitrogen and oxygen atoms in total. The average molecular weight is 724 g/mol. The Balaban J connectivity index is 2.42. The van der Waals surface area contributed by atoms with Crippen molar-refractivity contribution in [2.75, 3.05) is 13.2 Å². The molecular formula is C43H81NO7. The minimum Gasteiger partial charge on any atom is -0.396 e. The van der Waals surface area contributed by atoms with Crippen molar-refractivity contribution in [1.82, 2.24) is 5.32 Å². The second-order valence-corrected chi connectivity index (χ2v) is 15.3. The summed E-state index contributed by atoms with van der Waals surface area (Å²) >= 11 is 0. The van der Waals surface area contributed by atoms with Crippen LogP contribution in [0.3, 0.4) is 0 Å². The molecule has 0 bridgehead atoms. The minimum atomic E-state index is -1.44. The fourth-order valence-corrected chi connectivity index (χ4v) is 7.01. The first-order valence-corrected chi connectivity index (χ1v) is 21.4. The summed E-state index contributed by atoms with van der Waals surface area (Å²) in [5.41, 5.74) is 0. The molecule has 0 aliphatic heterocycles. The number of carbonyl (C=O) groups is 1. The van der Waals surface area contributed by atoms with E-state index in [2.05, 4.69) is 31.3 Å². The Morgan fingerprint density at radius 2 is 1.10 bits per heavy atom. The highest BCUT2D eigenvalue weighted by Crippen LogP contribution is 2.28. The third-order valence-electron chi connectivity index (χ3n) is 10.6. The van der Waals surface area contributed by atoms with Gasteiger partial charge in [0.1, 0.15) is 12.2 Å². The van der Waals surface area contributed by atoms with Crippen LogP contribution in [0.1, 0.15) is 187 Å². The highest BCUT2D eigenvalue weighted by Gasteiger charge is 2.43. The third kappa shape index (κ3) is 24.6. The topological polar surface area (TPSA) is 139 Å². The number of carbonyl (C=O) groups excluding carboxylic acids is 1. The molecule has 51 heavy (non-hydrogen) atoms. The van der Waals surface area contributed by atoms with Crippen molar-refractivity contribution in [2.24, 2.45) is 5.92 Å².